The average Bonchev–Trinajstić information content (AvgIpc) is 3.47. The SMILES string of the molecule is O=C(C1CC(=O)N(c2ccc3c(c2)OCCO3)C1)N1CCC(c2nc3ccccc3o2)CC1. The van der Waals surface area contributed by atoms with E-state index in [2.05, 4.69) is 4.98 Å². The summed E-state index contributed by atoms with van der Waals surface area (Å²) in [4.78, 5) is 34.1. The molecule has 4 heterocycles. The van der Waals surface area contributed by atoms with Gasteiger partial charge in [-0.15, -0.1) is 0 Å². The molecular weight excluding hydrogens is 422 g/mol. The molecule has 0 N–H and O–H groups in total. The fourth-order valence-electron chi connectivity index (χ4n) is 4.99. The summed E-state index contributed by atoms with van der Waals surface area (Å²) < 4.78 is 17.1. The summed E-state index contributed by atoms with van der Waals surface area (Å²) in [6.45, 7) is 2.70. The van der Waals surface area contributed by atoms with E-state index in [4.69, 9.17) is 13.9 Å². The van der Waals surface area contributed by atoms with Crippen LogP contribution in [0.5, 0.6) is 11.5 Å². The summed E-state index contributed by atoms with van der Waals surface area (Å²) in [7, 11) is 0. The molecule has 3 aromatic rings. The van der Waals surface area contributed by atoms with Crippen molar-refractivity contribution in [3.63, 3.8) is 0 Å². The Labute approximate surface area is 191 Å². The maximum atomic E-state index is 13.2. The van der Waals surface area contributed by atoms with Gasteiger partial charge in [0.2, 0.25) is 11.8 Å². The van der Waals surface area contributed by atoms with Gasteiger partial charge in [-0.2, -0.15) is 0 Å². The molecule has 2 saturated heterocycles. The number of benzene rings is 2. The predicted octanol–water partition coefficient (Wildman–Crippen LogP) is 3.36. The van der Waals surface area contributed by atoms with E-state index in [-0.39, 0.29) is 30.1 Å². The molecule has 1 atom stereocenters. The summed E-state index contributed by atoms with van der Waals surface area (Å²) in [6.07, 6.45) is 1.86. The Morgan fingerprint density at radius 2 is 1.79 bits per heavy atom. The zero-order chi connectivity index (χ0) is 22.4. The fourth-order valence-corrected chi connectivity index (χ4v) is 4.99. The molecule has 6 rings (SSSR count). The van der Waals surface area contributed by atoms with E-state index in [1.807, 2.05) is 47.4 Å². The summed E-state index contributed by atoms with van der Waals surface area (Å²) in [5.41, 5.74) is 2.42. The highest BCUT2D eigenvalue weighted by Gasteiger charge is 2.39. The van der Waals surface area contributed by atoms with Gasteiger partial charge in [-0.1, -0.05) is 12.1 Å². The Morgan fingerprint density at radius 3 is 2.61 bits per heavy atom. The fraction of sp³-hybridized carbons (Fsp3) is 0.400. The molecule has 0 saturated carbocycles. The number of likely N-dealkylation sites (tertiary alicyclic amines) is 1. The van der Waals surface area contributed by atoms with Crippen molar-refractivity contribution < 1.29 is 23.5 Å². The molecule has 8 nitrogen and oxygen atoms in total. The normalized spacial score (nSPS) is 21.1. The molecule has 3 aliphatic rings. The largest absolute Gasteiger partial charge is 0.486 e. The lowest BCUT2D eigenvalue weighted by Crippen LogP contribution is -2.42. The minimum absolute atomic E-state index is 0.0358. The van der Waals surface area contributed by atoms with Crippen LogP contribution in [-0.4, -0.2) is 54.5 Å². The second kappa shape index (κ2) is 8.10. The van der Waals surface area contributed by atoms with E-state index < -0.39 is 0 Å². The number of rotatable bonds is 3. The van der Waals surface area contributed by atoms with Crippen LogP contribution < -0.4 is 14.4 Å². The lowest BCUT2D eigenvalue weighted by Gasteiger charge is -2.32. The Morgan fingerprint density at radius 1 is 1.00 bits per heavy atom. The standard InChI is InChI=1S/C25H25N3O5/c29-23-13-17(15-28(23)18-5-6-21-22(14-18)32-12-11-31-21)25(30)27-9-7-16(8-10-27)24-26-19-3-1-2-4-20(19)33-24/h1-6,14,16-17H,7-13,15H2. The first-order valence-electron chi connectivity index (χ1n) is 11.5. The monoisotopic (exact) mass is 447 g/mol. The third-order valence-electron chi connectivity index (χ3n) is 6.78. The van der Waals surface area contributed by atoms with Crippen LogP contribution in [0.1, 0.15) is 31.1 Å². The Hall–Kier alpha value is -3.55. The highest BCUT2D eigenvalue weighted by atomic mass is 16.6. The first-order valence-corrected chi connectivity index (χ1v) is 11.5. The molecule has 2 fully saturated rings. The van der Waals surface area contributed by atoms with Gasteiger partial charge in [0.05, 0.1) is 5.92 Å². The summed E-state index contributed by atoms with van der Waals surface area (Å²) in [6, 6.07) is 13.3. The van der Waals surface area contributed by atoms with E-state index in [0.29, 0.717) is 44.3 Å². The number of carbonyl (C=O) groups excluding carboxylic acids is 2. The molecule has 33 heavy (non-hydrogen) atoms. The molecular formula is C25H25N3O5. The van der Waals surface area contributed by atoms with Crippen molar-refractivity contribution in [1.29, 1.82) is 0 Å². The number of aromatic nitrogens is 1. The summed E-state index contributed by atoms with van der Waals surface area (Å²) in [5, 5.41) is 0. The predicted molar refractivity (Wildman–Crippen MR) is 120 cm³/mol. The minimum atomic E-state index is -0.327. The van der Waals surface area contributed by atoms with Gasteiger partial charge in [0.1, 0.15) is 18.7 Å². The highest BCUT2D eigenvalue weighted by molar-refractivity contribution is 6.00. The van der Waals surface area contributed by atoms with E-state index in [9.17, 15) is 9.59 Å². The quantitative estimate of drug-likeness (QED) is 0.612. The molecule has 0 aliphatic carbocycles. The van der Waals surface area contributed by atoms with Crippen LogP contribution in [-0.2, 0) is 9.59 Å². The van der Waals surface area contributed by atoms with Crippen LogP contribution in [0.25, 0.3) is 11.1 Å². The van der Waals surface area contributed by atoms with E-state index >= 15 is 0 Å². The van der Waals surface area contributed by atoms with Gasteiger partial charge >= 0.3 is 0 Å². The van der Waals surface area contributed by atoms with Crippen LogP contribution >= 0.6 is 0 Å². The molecule has 2 amide bonds. The molecule has 1 unspecified atom stereocenters. The average molecular weight is 447 g/mol. The molecule has 0 bridgehead atoms. The number of amides is 2. The summed E-state index contributed by atoms with van der Waals surface area (Å²) in [5.74, 6) is 1.98. The molecule has 8 heteroatoms. The van der Waals surface area contributed by atoms with Gasteiger partial charge < -0.3 is 23.7 Å². The molecule has 0 radical (unpaired) electrons. The van der Waals surface area contributed by atoms with Gasteiger partial charge in [-0.3, -0.25) is 9.59 Å². The van der Waals surface area contributed by atoms with E-state index in [1.54, 1.807) is 4.90 Å². The molecule has 170 valence electrons. The van der Waals surface area contributed by atoms with Crippen molar-refractivity contribution in [3.05, 3.63) is 48.4 Å². The maximum absolute atomic E-state index is 13.2. The van der Waals surface area contributed by atoms with Gasteiger partial charge in [0.25, 0.3) is 0 Å². The van der Waals surface area contributed by atoms with Crippen LogP contribution in [0, 0.1) is 5.92 Å². The van der Waals surface area contributed by atoms with Gasteiger partial charge in [0.15, 0.2) is 23.0 Å². The highest BCUT2D eigenvalue weighted by Crippen LogP contribution is 2.37. The van der Waals surface area contributed by atoms with Gasteiger partial charge in [0, 0.05) is 43.7 Å². The molecule has 1 aromatic heterocycles. The topological polar surface area (TPSA) is 85.1 Å². The first kappa shape index (κ1) is 20.1. The van der Waals surface area contributed by atoms with Crippen LogP contribution in [0.15, 0.2) is 46.9 Å². The number of para-hydroxylation sites is 2. The van der Waals surface area contributed by atoms with Gasteiger partial charge in [-0.05, 0) is 37.1 Å². The second-order valence-corrected chi connectivity index (χ2v) is 8.85. The number of ether oxygens (including phenoxy) is 2. The van der Waals surface area contributed by atoms with Crippen molar-refractivity contribution in [2.75, 3.05) is 37.7 Å². The maximum Gasteiger partial charge on any atom is 0.228 e. The third kappa shape index (κ3) is 3.69. The number of fused-ring (bicyclic) bond motifs is 2. The number of hydrogen-bond acceptors (Lipinski definition) is 6. The van der Waals surface area contributed by atoms with Crippen LogP contribution in [0.2, 0.25) is 0 Å². The van der Waals surface area contributed by atoms with Crippen molar-refractivity contribution in [3.8, 4) is 11.5 Å². The van der Waals surface area contributed by atoms with Crippen molar-refractivity contribution in [2.45, 2.75) is 25.2 Å². The Kier molecular flexibility index (Phi) is 4.93. The number of anilines is 1. The van der Waals surface area contributed by atoms with Crippen molar-refractivity contribution in [2.24, 2.45) is 5.92 Å². The van der Waals surface area contributed by atoms with E-state index in [1.165, 1.54) is 0 Å². The number of oxazole rings is 1. The minimum Gasteiger partial charge on any atom is -0.486 e. The zero-order valence-electron chi connectivity index (χ0n) is 18.2. The third-order valence-corrected chi connectivity index (χ3v) is 6.78. The second-order valence-electron chi connectivity index (χ2n) is 8.85. The van der Waals surface area contributed by atoms with Crippen molar-refractivity contribution >= 4 is 28.6 Å². The smallest absolute Gasteiger partial charge is 0.228 e. The van der Waals surface area contributed by atoms with Crippen LogP contribution in [0.4, 0.5) is 5.69 Å². The first-order chi connectivity index (χ1) is 16.2. The molecule has 0 spiro atoms. The summed E-state index contributed by atoms with van der Waals surface area (Å²) >= 11 is 0. The van der Waals surface area contributed by atoms with Crippen molar-refractivity contribution in [1.82, 2.24) is 9.88 Å². The number of hydrogen-bond donors (Lipinski definition) is 0. The zero-order valence-corrected chi connectivity index (χ0v) is 18.2. The number of carbonyl (C=O) groups is 2. The molecule has 2 aromatic carbocycles. The lowest BCUT2D eigenvalue weighted by atomic mass is 9.95. The molecule has 3 aliphatic heterocycles. The Bertz CT molecular complexity index is 1180. The van der Waals surface area contributed by atoms with Crippen LogP contribution in [0.3, 0.4) is 0 Å². The Balaban J connectivity index is 1.10. The lowest BCUT2D eigenvalue weighted by molar-refractivity contribution is -0.136. The van der Waals surface area contributed by atoms with Gasteiger partial charge in [-0.25, -0.2) is 4.98 Å². The van der Waals surface area contributed by atoms with E-state index in [0.717, 1.165) is 35.5 Å². The number of piperidine rings is 1. The number of nitrogens with zero attached hydrogens (tertiary/aromatic N) is 3.